The minimum absolute atomic E-state index is 0.0780. The zero-order valence-corrected chi connectivity index (χ0v) is 15.9. The average molecular weight is 390 g/mol. The van der Waals surface area contributed by atoms with Gasteiger partial charge < -0.3 is 15.2 Å². The Bertz CT molecular complexity index is 994. The van der Waals surface area contributed by atoms with Crippen molar-refractivity contribution in [3.63, 3.8) is 0 Å². The van der Waals surface area contributed by atoms with Crippen molar-refractivity contribution in [2.75, 3.05) is 5.32 Å². The third kappa shape index (κ3) is 4.68. The third-order valence-electron chi connectivity index (χ3n) is 5.06. The van der Waals surface area contributed by atoms with Crippen molar-refractivity contribution in [3.05, 3.63) is 66.1 Å². The number of pyridine rings is 1. The molecule has 1 aromatic carbocycles. The third-order valence-corrected chi connectivity index (χ3v) is 5.06. The molecule has 1 aliphatic carbocycles. The molecule has 0 unspecified atom stereocenters. The Morgan fingerprint density at radius 3 is 2.76 bits per heavy atom. The van der Waals surface area contributed by atoms with Crippen LogP contribution in [0.4, 0.5) is 5.69 Å². The lowest BCUT2D eigenvalue weighted by molar-refractivity contribution is -0.119. The normalized spacial score (nSPS) is 13.9. The number of aromatic nitrogens is 2. The standard InChI is InChI=1S/C22H22N4O3/c27-21(16-6-1-2-7-16)25-18-9-3-5-15(11-18)13-24-22(28)19-12-20(29-26-19)17-8-4-10-23-14-17/h3-5,8-12,14,16H,1-2,6-7,13H2,(H,24,28)(H,25,27). The van der Waals surface area contributed by atoms with Crippen LogP contribution in [0.5, 0.6) is 0 Å². The second-order valence-electron chi connectivity index (χ2n) is 7.17. The number of anilines is 1. The highest BCUT2D eigenvalue weighted by atomic mass is 16.5. The largest absolute Gasteiger partial charge is 0.355 e. The highest BCUT2D eigenvalue weighted by molar-refractivity contribution is 5.93. The van der Waals surface area contributed by atoms with Crippen molar-refractivity contribution in [2.24, 2.45) is 5.92 Å². The number of rotatable bonds is 6. The number of amides is 2. The molecule has 148 valence electrons. The van der Waals surface area contributed by atoms with Crippen molar-refractivity contribution in [1.29, 1.82) is 0 Å². The first-order chi connectivity index (χ1) is 14.2. The van der Waals surface area contributed by atoms with Gasteiger partial charge >= 0.3 is 0 Å². The van der Waals surface area contributed by atoms with Crippen molar-refractivity contribution >= 4 is 17.5 Å². The Balaban J connectivity index is 1.35. The maximum atomic E-state index is 12.4. The van der Waals surface area contributed by atoms with E-state index in [-0.39, 0.29) is 23.4 Å². The van der Waals surface area contributed by atoms with Crippen LogP contribution in [0.15, 0.2) is 59.4 Å². The quantitative estimate of drug-likeness (QED) is 0.667. The van der Waals surface area contributed by atoms with Crippen LogP contribution in [0.2, 0.25) is 0 Å². The Hall–Kier alpha value is -3.48. The van der Waals surface area contributed by atoms with E-state index in [1.165, 1.54) is 0 Å². The number of nitrogens with zero attached hydrogens (tertiary/aromatic N) is 2. The molecule has 29 heavy (non-hydrogen) atoms. The van der Waals surface area contributed by atoms with E-state index in [2.05, 4.69) is 20.8 Å². The minimum atomic E-state index is -0.329. The van der Waals surface area contributed by atoms with Gasteiger partial charge in [-0.25, -0.2) is 0 Å². The van der Waals surface area contributed by atoms with Gasteiger partial charge in [-0.1, -0.05) is 30.1 Å². The Morgan fingerprint density at radius 2 is 1.97 bits per heavy atom. The van der Waals surface area contributed by atoms with E-state index in [9.17, 15) is 9.59 Å². The molecule has 7 nitrogen and oxygen atoms in total. The van der Waals surface area contributed by atoms with Gasteiger partial charge in [-0.15, -0.1) is 0 Å². The highest BCUT2D eigenvalue weighted by Crippen LogP contribution is 2.26. The first-order valence-electron chi connectivity index (χ1n) is 9.74. The molecule has 7 heteroatoms. The first kappa shape index (κ1) is 18.9. The van der Waals surface area contributed by atoms with Gasteiger partial charge in [-0.2, -0.15) is 0 Å². The van der Waals surface area contributed by atoms with Crippen molar-refractivity contribution in [2.45, 2.75) is 32.2 Å². The summed E-state index contributed by atoms with van der Waals surface area (Å²) in [7, 11) is 0. The summed E-state index contributed by atoms with van der Waals surface area (Å²) in [5.74, 6) is 0.345. The molecular weight excluding hydrogens is 368 g/mol. The van der Waals surface area contributed by atoms with Crippen molar-refractivity contribution in [1.82, 2.24) is 15.5 Å². The van der Waals surface area contributed by atoms with E-state index in [1.54, 1.807) is 24.5 Å². The lowest BCUT2D eigenvalue weighted by Gasteiger charge is -2.11. The van der Waals surface area contributed by atoms with Crippen LogP contribution in [0.3, 0.4) is 0 Å². The number of carbonyl (C=O) groups is 2. The summed E-state index contributed by atoms with van der Waals surface area (Å²) < 4.78 is 5.24. The van der Waals surface area contributed by atoms with E-state index in [0.717, 1.165) is 42.5 Å². The first-order valence-corrected chi connectivity index (χ1v) is 9.74. The molecule has 1 fully saturated rings. The van der Waals surface area contributed by atoms with Gasteiger partial charge in [0.1, 0.15) is 0 Å². The Kier molecular flexibility index (Phi) is 5.65. The van der Waals surface area contributed by atoms with Gasteiger partial charge in [0.15, 0.2) is 11.5 Å². The molecule has 1 aliphatic rings. The van der Waals surface area contributed by atoms with Crippen LogP contribution in [-0.2, 0) is 11.3 Å². The number of benzene rings is 1. The molecule has 2 amide bonds. The second kappa shape index (κ2) is 8.68. The topological polar surface area (TPSA) is 97.1 Å². The average Bonchev–Trinajstić information content (AvgIpc) is 3.45. The molecule has 3 aromatic rings. The Labute approximate surface area is 168 Å². The molecule has 0 spiro atoms. The number of carbonyl (C=O) groups excluding carboxylic acids is 2. The summed E-state index contributed by atoms with van der Waals surface area (Å²) in [5.41, 5.74) is 2.59. The van der Waals surface area contributed by atoms with E-state index in [4.69, 9.17) is 4.52 Å². The van der Waals surface area contributed by atoms with Crippen LogP contribution < -0.4 is 10.6 Å². The van der Waals surface area contributed by atoms with Crippen LogP contribution >= 0.6 is 0 Å². The fourth-order valence-electron chi connectivity index (χ4n) is 3.49. The summed E-state index contributed by atoms with van der Waals surface area (Å²) in [6.07, 6.45) is 7.47. The van der Waals surface area contributed by atoms with Crippen LogP contribution in [-0.4, -0.2) is 22.0 Å². The smallest absolute Gasteiger partial charge is 0.273 e. The van der Waals surface area contributed by atoms with Crippen LogP contribution in [0.25, 0.3) is 11.3 Å². The molecule has 1 saturated carbocycles. The molecule has 0 bridgehead atoms. The molecule has 2 aromatic heterocycles. The summed E-state index contributed by atoms with van der Waals surface area (Å²) in [6.45, 7) is 0.320. The maximum Gasteiger partial charge on any atom is 0.273 e. The number of nitrogens with one attached hydrogen (secondary N) is 2. The van der Waals surface area contributed by atoms with Gasteiger partial charge in [0.2, 0.25) is 5.91 Å². The summed E-state index contributed by atoms with van der Waals surface area (Å²) in [5, 5.41) is 9.64. The lowest BCUT2D eigenvalue weighted by atomic mass is 10.1. The van der Waals surface area contributed by atoms with Crippen LogP contribution in [0.1, 0.15) is 41.7 Å². The fourth-order valence-corrected chi connectivity index (χ4v) is 3.49. The van der Waals surface area contributed by atoms with Crippen molar-refractivity contribution in [3.8, 4) is 11.3 Å². The molecule has 2 heterocycles. The molecule has 2 N–H and O–H groups in total. The monoisotopic (exact) mass is 390 g/mol. The van der Waals surface area contributed by atoms with Crippen molar-refractivity contribution < 1.29 is 14.1 Å². The summed E-state index contributed by atoms with van der Waals surface area (Å²) in [4.78, 5) is 28.7. The molecule has 0 atom stereocenters. The number of hydrogen-bond acceptors (Lipinski definition) is 5. The van der Waals surface area contributed by atoms with Crippen LogP contribution in [0, 0.1) is 5.92 Å². The van der Waals surface area contributed by atoms with E-state index < -0.39 is 0 Å². The Morgan fingerprint density at radius 1 is 1.10 bits per heavy atom. The van der Waals surface area contributed by atoms with E-state index in [0.29, 0.717) is 12.3 Å². The van der Waals surface area contributed by atoms with Gasteiger partial charge in [0, 0.05) is 42.2 Å². The van der Waals surface area contributed by atoms with Gasteiger partial charge in [0.05, 0.1) is 0 Å². The molecule has 0 radical (unpaired) electrons. The summed E-state index contributed by atoms with van der Waals surface area (Å²) in [6, 6.07) is 12.7. The lowest BCUT2D eigenvalue weighted by Crippen LogP contribution is -2.23. The van der Waals surface area contributed by atoms with E-state index in [1.807, 2.05) is 30.3 Å². The molecule has 0 saturated heterocycles. The number of hydrogen-bond donors (Lipinski definition) is 2. The van der Waals surface area contributed by atoms with E-state index >= 15 is 0 Å². The molecule has 4 rings (SSSR count). The SMILES string of the molecule is O=C(NCc1cccc(NC(=O)C2CCCC2)c1)c1cc(-c2cccnc2)on1. The molecule has 0 aliphatic heterocycles. The second-order valence-corrected chi connectivity index (χ2v) is 7.17. The zero-order chi connectivity index (χ0) is 20.1. The van der Waals surface area contributed by atoms with Gasteiger partial charge in [-0.05, 0) is 42.7 Å². The zero-order valence-electron chi connectivity index (χ0n) is 15.9. The predicted molar refractivity (Wildman–Crippen MR) is 108 cm³/mol. The minimum Gasteiger partial charge on any atom is -0.355 e. The molecular formula is C22H22N4O3. The van der Waals surface area contributed by atoms with Gasteiger partial charge in [0.25, 0.3) is 5.91 Å². The fraction of sp³-hybridized carbons (Fsp3) is 0.273. The predicted octanol–water partition coefficient (Wildman–Crippen LogP) is 3.80. The summed E-state index contributed by atoms with van der Waals surface area (Å²) >= 11 is 0. The van der Waals surface area contributed by atoms with Gasteiger partial charge in [-0.3, -0.25) is 14.6 Å². The maximum absolute atomic E-state index is 12.4. The highest BCUT2D eigenvalue weighted by Gasteiger charge is 2.22.